The van der Waals surface area contributed by atoms with Crippen molar-refractivity contribution in [1.82, 2.24) is 0 Å². The van der Waals surface area contributed by atoms with Crippen LogP contribution >= 0.6 is 27.5 Å². The molecule has 0 heterocycles. The number of ether oxygens (including phenoxy) is 1. The van der Waals surface area contributed by atoms with E-state index in [2.05, 4.69) is 15.9 Å². The van der Waals surface area contributed by atoms with Crippen LogP contribution in [-0.2, 0) is 0 Å². The molecule has 0 bridgehead atoms. The highest BCUT2D eigenvalue weighted by Gasteiger charge is 2.07. The van der Waals surface area contributed by atoms with Crippen LogP contribution < -0.4 is 4.74 Å². The Hall–Kier alpha value is -1.84. The predicted molar refractivity (Wildman–Crippen MR) is 92.9 cm³/mol. The SMILES string of the molecule is O=C(COc1ccc2cc(Br)ccc2c1)c1ccc(Cl)cc1. The number of benzene rings is 3. The highest BCUT2D eigenvalue weighted by molar-refractivity contribution is 9.10. The summed E-state index contributed by atoms with van der Waals surface area (Å²) < 4.78 is 6.63. The minimum atomic E-state index is -0.0763. The minimum absolute atomic E-state index is 0.00364. The highest BCUT2D eigenvalue weighted by atomic mass is 79.9. The molecule has 0 aliphatic heterocycles. The Balaban J connectivity index is 1.72. The van der Waals surface area contributed by atoms with Gasteiger partial charge in [-0.25, -0.2) is 0 Å². The first-order valence-corrected chi connectivity index (χ1v) is 7.90. The van der Waals surface area contributed by atoms with Crippen LogP contribution in [-0.4, -0.2) is 12.4 Å². The molecule has 0 radical (unpaired) electrons. The summed E-state index contributed by atoms with van der Waals surface area (Å²) in [6.45, 7) is 0.00364. The van der Waals surface area contributed by atoms with Crippen LogP contribution in [0.1, 0.15) is 10.4 Å². The van der Waals surface area contributed by atoms with Gasteiger partial charge in [-0.2, -0.15) is 0 Å². The molecule has 0 saturated heterocycles. The van der Waals surface area contributed by atoms with E-state index >= 15 is 0 Å². The minimum Gasteiger partial charge on any atom is -0.485 e. The molecule has 3 rings (SSSR count). The van der Waals surface area contributed by atoms with E-state index in [4.69, 9.17) is 16.3 Å². The number of halogens is 2. The fourth-order valence-electron chi connectivity index (χ4n) is 2.15. The highest BCUT2D eigenvalue weighted by Crippen LogP contribution is 2.24. The van der Waals surface area contributed by atoms with Crippen molar-refractivity contribution in [2.75, 3.05) is 6.61 Å². The van der Waals surface area contributed by atoms with Crippen LogP contribution in [0.15, 0.2) is 65.1 Å². The Labute approximate surface area is 141 Å². The van der Waals surface area contributed by atoms with Crippen LogP contribution in [0, 0.1) is 0 Å². The number of rotatable bonds is 4. The molecular formula is C18H12BrClO2. The number of hydrogen-bond donors (Lipinski definition) is 0. The first kappa shape index (κ1) is 15.1. The van der Waals surface area contributed by atoms with E-state index < -0.39 is 0 Å². The molecule has 0 saturated carbocycles. The summed E-state index contributed by atoms with van der Waals surface area (Å²) in [4.78, 5) is 12.1. The van der Waals surface area contributed by atoms with Crippen molar-refractivity contribution in [1.29, 1.82) is 0 Å². The Morgan fingerprint density at radius 1 is 0.955 bits per heavy atom. The number of Topliss-reactive ketones (excluding diaryl/α,β-unsaturated/α-hetero) is 1. The van der Waals surface area contributed by atoms with Gasteiger partial charge in [-0.15, -0.1) is 0 Å². The zero-order valence-electron chi connectivity index (χ0n) is 11.6. The number of carbonyl (C=O) groups excluding carboxylic acids is 1. The molecule has 3 aromatic rings. The molecule has 0 N–H and O–H groups in total. The van der Waals surface area contributed by atoms with Crippen molar-refractivity contribution >= 4 is 44.1 Å². The van der Waals surface area contributed by atoms with Crippen LogP contribution in [0.25, 0.3) is 10.8 Å². The molecule has 22 heavy (non-hydrogen) atoms. The second-order valence-electron chi connectivity index (χ2n) is 4.87. The van der Waals surface area contributed by atoms with E-state index in [1.807, 2.05) is 36.4 Å². The first-order chi connectivity index (χ1) is 10.6. The molecule has 3 aromatic carbocycles. The maximum atomic E-state index is 12.1. The smallest absolute Gasteiger partial charge is 0.200 e. The van der Waals surface area contributed by atoms with Crippen LogP contribution in [0.2, 0.25) is 5.02 Å². The quantitative estimate of drug-likeness (QED) is 0.561. The Morgan fingerprint density at radius 2 is 1.64 bits per heavy atom. The van der Waals surface area contributed by atoms with E-state index in [1.54, 1.807) is 24.3 Å². The van der Waals surface area contributed by atoms with Gasteiger partial charge >= 0.3 is 0 Å². The molecule has 0 amide bonds. The fraction of sp³-hybridized carbons (Fsp3) is 0.0556. The third-order valence-corrected chi connectivity index (χ3v) is 4.06. The zero-order chi connectivity index (χ0) is 15.5. The summed E-state index contributed by atoms with van der Waals surface area (Å²) >= 11 is 9.26. The van der Waals surface area contributed by atoms with Gasteiger partial charge in [0, 0.05) is 15.1 Å². The lowest BCUT2D eigenvalue weighted by Crippen LogP contribution is -2.11. The fourth-order valence-corrected chi connectivity index (χ4v) is 2.66. The van der Waals surface area contributed by atoms with Gasteiger partial charge in [-0.1, -0.05) is 39.7 Å². The molecule has 0 spiro atoms. The molecular weight excluding hydrogens is 364 g/mol. The summed E-state index contributed by atoms with van der Waals surface area (Å²) in [5, 5.41) is 2.79. The molecule has 0 aliphatic carbocycles. The average molecular weight is 376 g/mol. The predicted octanol–water partition coefficient (Wildman–Crippen LogP) is 5.52. The van der Waals surface area contributed by atoms with Gasteiger partial charge in [0.25, 0.3) is 0 Å². The zero-order valence-corrected chi connectivity index (χ0v) is 13.9. The van der Waals surface area contributed by atoms with E-state index in [1.165, 1.54) is 0 Å². The monoisotopic (exact) mass is 374 g/mol. The standard InChI is InChI=1S/C18H12BrClO2/c19-15-5-1-14-10-17(8-4-13(14)9-15)22-11-18(21)12-2-6-16(20)7-3-12/h1-10H,11H2. The van der Waals surface area contributed by atoms with Crippen molar-refractivity contribution in [3.63, 3.8) is 0 Å². The van der Waals surface area contributed by atoms with Gasteiger partial charge in [0.2, 0.25) is 0 Å². The average Bonchev–Trinajstić information content (AvgIpc) is 2.53. The lowest BCUT2D eigenvalue weighted by Gasteiger charge is -2.07. The van der Waals surface area contributed by atoms with Crippen molar-refractivity contribution in [3.05, 3.63) is 75.7 Å². The van der Waals surface area contributed by atoms with Gasteiger partial charge in [-0.3, -0.25) is 4.79 Å². The van der Waals surface area contributed by atoms with Crippen LogP contribution in [0.4, 0.5) is 0 Å². The van der Waals surface area contributed by atoms with Crippen molar-refractivity contribution in [3.8, 4) is 5.75 Å². The normalized spacial score (nSPS) is 10.6. The van der Waals surface area contributed by atoms with E-state index in [9.17, 15) is 4.79 Å². The Morgan fingerprint density at radius 3 is 2.41 bits per heavy atom. The molecule has 2 nitrogen and oxygen atoms in total. The molecule has 0 fully saturated rings. The van der Waals surface area contributed by atoms with Gasteiger partial charge in [-0.05, 0) is 59.3 Å². The maximum absolute atomic E-state index is 12.1. The Bertz CT molecular complexity index is 828. The largest absolute Gasteiger partial charge is 0.485 e. The van der Waals surface area contributed by atoms with Crippen LogP contribution in [0.3, 0.4) is 0 Å². The van der Waals surface area contributed by atoms with Crippen molar-refractivity contribution in [2.45, 2.75) is 0 Å². The molecule has 0 unspecified atom stereocenters. The number of fused-ring (bicyclic) bond motifs is 1. The van der Waals surface area contributed by atoms with Crippen molar-refractivity contribution < 1.29 is 9.53 Å². The summed E-state index contributed by atoms with van der Waals surface area (Å²) in [5.74, 6) is 0.602. The molecule has 0 aliphatic rings. The van der Waals surface area contributed by atoms with Crippen molar-refractivity contribution in [2.24, 2.45) is 0 Å². The first-order valence-electron chi connectivity index (χ1n) is 6.73. The third kappa shape index (κ3) is 3.49. The second kappa shape index (κ2) is 6.51. The summed E-state index contributed by atoms with van der Waals surface area (Å²) in [6, 6.07) is 18.6. The lowest BCUT2D eigenvalue weighted by atomic mass is 10.1. The van der Waals surface area contributed by atoms with Gasteiger partial charge in [0.15, 0.2) is 12.4 Å². The summed E-state index contributed by atoms with van der Waals surface area (Å²) in [7, 11) is 0. The molecule has 4 heteroatoms. The third-order valence-electron chi connectivity index (χ3n) is 3.31. The Kier molecular flexibility index (Phi) is 4.46. The maximum Gasteiger partial charge on any atom is 0.200 e. The van der Waals surface area contributed by atoms with Crippen LogP contribution in [0.5, 0.6) is 5.75 Å². The molecule has 0 aromatic heterocycles. The number of hydrogen-bond acceptors (Lipinski definition) is 2. The summed E-state index contributed by atoms with van der Waals surface area (Å²) in [5.41, 5.74) is 0.592. The molecule has 110 valence electrons. The van der Waals surface area contributed by atoms with Gasteiger partial charge in [0.05, 0.1) is 0 Å². The molecule has 0 atom stereocenters. The van der Waals surface area contributed by atoms with Gasteiger partial charge < -0.3 is 4.74 Å². The second-order valence-corrected chi connectivity index (χ2v) is 6.22. The number of ketones is 1. The summed E-state index contributed by atoms with van der Waals surface area (Å²) in [6.07, 6.45) is 0. The number of carbonyl (C=O) groups is 1. The lowest BCUT2D eigenvalue weighted by molar-refractivity contribution is 0.0921. The van der Waals surface area contributed by atoms with E-state index in [0.29, 0.717) is 16.3 Å². The topological polar surface area (TPSA) is 26.3 Å². The van der Waals surface area contributed by atoms with E-state index in [-0.39, 0.29) is 12.4 Å². The van der Waals surface area contributed by atoms with E-state index in [0.717, 1.165) is 15.2 Å². The van der Waals surface area contributed by atoms with Gasteiger partial charge in [0.1, 0.15) is 5.75 Å².